The van der Waals surface area contributed by atoms with Crippen molar-refractivity contribution >= 4 is 23.2 Å². The van der Waals surface area contributed by atoms with Gasteiger partial charge in [-0.15, -0.1) is 0 Å². The zero-order valence-corrected chi connectivity index (χ0v) is 14.9. The Bertz CT molecular complexity index is 686. The molecule has 2 aromatic rings. The number of ether oxygens (including phenoxy) is 1. The van der Waals surface area contributed by atoms with E-state index in [1.165, 1.54) is 11.3 Å². The topological polar surface area (TPSA) is 30.3 Å². The molecular weight excluding hydrogens is 333 g/mol. The zero-order chi connectivity index (χ0) is 16.4. The van der Waals surface area contributed by atoms with Gasteiger partial charge >= 0.3 is 0 Å². The molecule has 1 unspecified atom stereocenters. The van der Waals surface area contributed by atoms with E-state index >= 15 is 0 Å². The minimum atomic E-state index is 0.0278. The fourth-order valence-electron chi connectivity index (χ4n) is 2.96. The van der Waals surface area contributed by atoms with Crippen LogP contribution in [0.3, 0.4) is 0 Å². The van der Waals surface area contributed by atoms with Gasteiger partial charge in [0, 0.05) is 37.4 Å². The van der Waals surface area contributed by atoms with Crippen LogP contribution in [-0.2, 0) is 17.8 Å². The summed E-state index contributed by atoms with van der Waals surface area (Å²) in [6, 6.07) is 5.72. The first-order chi connectivity index (χ1) is 11.1. The highest BCUT2D eigenvalue weighted by molar-refractivity contribution is 6.42. The number of hydrogen-bond acceptors (Lipinski definition) is 3. The van der Waals surface area contributed by atoms with Gasteiger partial charge in [0.2, 0.25) is 0 Å². The Morgan fingerprint density at radius 2 is 2.13 bits per heavy atom. The number of benzene rings is 1. The van der Waals surface area contributed by atoms with Crippen LogP contribution >= 0.6 is 23.2 Å². The normalized spacial score (nSPS) is 19.2. The van der Waals surface area contributed by atoms with Crippen molar-refractivity contribution in [3.63, 3.8) is 0 Å². The molecule has 0 bridgehead atoms. The first-order valence-corrected chi connectivity index (χ1v) is 8.64. The molecule has 1 aliphatic rings. The lowest BCUT2D eigenvalue weighted by molar-refractivity contribution is -0.0329. The summed E-state index contributed by atoms with van der Waals surface area (Å²) in [6.07, 6.45) is 2.00. The molecule has 1 aromatic heterocycles. The van der Waals surface area contributed by atoms with E-state index in [2.05, 4.69) is 23.8 Å². The third kappa shape index (κ3) is 3.72. The Morgan fingerprint density at radius 1 is 1.30 bits per heavy atom. The van der Waals surface area contributed by atoms with Crippen molar-refractivity contribution in [1.82, 2.24) is 14.7 Å². The number of nitrogens with zero attached hydrogens (tertiary/aromatic N) is 3. The molecule has 1 atom stereocenters. The quantitative estimate of drug-likeness (QED) is 0.828. The average molecular weight is 354 g/mol. The van der Waals surface area contributed by atoms with Crippen LogP contribution in [0.15, 0.2) is 24.4 Å². The molecule has 23 heavy (non-hydrogen) atoms. The largest absolute Gasteiger partial charge is 0.371 e. The zero-order valence-electron chi connectivity index (χ0n) is 13.4. The summed E-state index contributed by atoms with van der Waals surface area (Å²) in [5, 5.41) is 5.57. The van der Waals surface area contributed by atoms with Gasteiger partial charge in [-0.05, 0) is 31.5 Å². The van der Waals surface area contributed by atoms with Crippen molar-refractivity contribution in [2.45, 2.75) is 33.0 Å². The van der Waals surface area contributed by atoms with Crippen molar-refractivity contribution in [3.8, 4) is 0 Å². The summed E-state index contributed by atoms with van der Waals surface area (Å²) in [7, 11) is 0. The fourth-order valence-corrected chi connectivity index (χ4v) is 3.27. The van der Waals surface area contributed by atoms with Crippen molar-refractivity contribution in [3.05, 3.63) is 51.3 Å². The van der Waals surface area contributed by atoms with E-state index in [0.717, 1.165) is 31.7 Å². The number of halogens is 2. The summed E-state index contributed by atoms with van der Waals surface area (Å²) in [5.41, 5.74) is 3.59. The van der Waals surface area contributed by atoms with Crippen molar-refractivity contribution in [2.75, 3.05) is 19.7 Å². The molecule has 0 aliphatic carbocycles. The Kier molecular flexibility index (Phi) is 5.27. The molecule has 1 saturated heterocycles. The highest BCUT2D eigenvalue weighted by Gasteiger charge is 2.23. The van der Waals surface area contributed by atoms with Crippen LogP contribution in [0.25, 0.3) is 0 Å². The Balaban J connectivity index is 1.70. The summed E-state index contributed by atoms with van der Waals surface area (Å²) >= 11 is 12.1. The van der Waals surface area contributed by atoms with E-state index in [4.69, 9.17) is 27.9 Å². The molecule has 1 aliphatic heterocycles. The van der Waals surface area contributed by atoms with E-state index < -0.39 is 0 Å². The first-order valence-electron chi connectivity index (χ1n) is 7.88. The smallest absolute Gasteiger partial charge is 0.0953 e. The van der Waals surface area contributed by atoms with E-state index in [0.29, 0.717) is 16.7 Å². The lowest BCUT2D eigenvalue weighted by Gasteiger charge is -2.33. The number of morpholine rings is 1. The number of aromatic nitrogens is 2. The molecule has 6 heteroatoms. The number of rotatable bonds is 4. The summed E-state index contributed by atoms with van der Waals surface area (Å²) in [5.74, 6) is 0. The van der Waals surface area contributed by atoms with E-state index in [-0.39, 0.29) is 6.10 Å². The van der Waals surface area contributed by atoms with Crippen LogP contribution < -0.4 is 0 Å². The maximum atomic E-state index is 6.13. The van der Waals surface area contributed by atoms with Crippen LogP contribution in [0, 0.1) is 6.92 Å². The first kappa shape index (κ1) is 16.8. The van der Waals surface area contributed by atoms with Gasteiger partial charge in [0.1, 0.15) is 0 Å². The lowest BCUT2D eigenvalue weighted by atomic mass is 10.1. The van der Waals surface area contributed by atoms with Gasteiger partial charge in [0.15, 0.2) is 0 Å². The average Bonchev–Trinajstić information content (AvgIpc) is 2.90. The number of hydrogen-bond donors (Lipinski definition) is 0. The van der Waals surface area contributed by atoms with Crippen molar-refractivity contribution in [1.29, 1.82) is 0 Å². The highest BCUT2D eigenvalue weighted by Crippen LogP contribution is 2.29. The maximum absolute atomic E-state index is 6.13. The van der Waals surface area contributed by atoms with Gasteiger partial charge in [-0.2, -0.15) is 5.10 Å². The Hall–Kier alpha value is -1.07. The molecule has 1 aromatic carbocycles. The predicted molar refractivity (Wildman–Crippen MR) is 93.1 cm³/mol. The van der Waals surface area contributed by atoms with E-state index in [1.807, 2.05) is 29.1 Å². The molecule has 0 spiro atoms. The molecule has 1 fully saturated rings. The minimum absolute atomic E-state index is 0.0278. The second-order valence-electron chi connectivity index (χ2n) is 5.84. The van der Waals surface area contributed by atoms with Crippen LogP contribution in [0.4, 0.5) is 0 Å². The van der Waals surface area contributed by atoms with Gasteiger partial charge in [0.05, 0.1) is 29.0 Å². The van der Waals surface area contributed by atoms with Crippen LogP contribution in [0.1, 0.15) is 29.8 Å². The van der Waals surface area contributed by atoms with E-state index in [1.54, 1.807) is 0 Å². The Morgan fingerprint density at radius 3 is 2.83 bits per heavy atom. The molecule has 0 N–H and O–H groups in total. The maximum Gasteiger partial charge on any atom is 0.0953 e. The summed E-state index contributed by atoms with van der Waals surface area (Å²) in [4.78, 5) is 2.40. The van der Waals surface area contributed by atoms with Gasteiger partial charge < -0.3 is 4.74 Å². The molecule has 0 radical (unpaired) electrons. The molecule has 3 rings (SSSR count). The third-order valence-electron chi connectivity index (χ3n) is 4.36. The highest BCUT2D eigenvalue weighted by atomic mass is 35.5. The lowest BCUT2D eigenvalue weighted by Crippen LogP contribution is -2.37. The van der Waals surface area contributed by atoms with E-state index in [9.17, 15) is 0 Å². The minimum Gasteiger partial charge on any atom is -0.371 e. The SMILES string of the molecule is CCn1ncc(CN2CCOC(c3ccc(Cl)c(Cl)c3)C2)c1C. The molecule has 124 valence electrons. The molecule has 0 saturated carbocycles. The van der Waals surface area contributed by atoms with Crippen molar-refractivity contribution in [2.24, 2.45) is 0 Å². The molecular formula is C17H21Cl2N3O. The number of aryl methyl sites for hydroxylation is 1. The summed E-state index contributed by atoms with van der Waals surface area (Å²) in [6.45, 7) is 8.52. The molecule has 0 amide bonds. The fraction of sp³-hybridized carbons (Fsp3) is 0.471. The molecule has 2 heterocycles. The Labute approximate surface area is 146 Å². The van der Waals surface area contributed by atoms with Gasteiger partial charge in [0.25, 0.3) is 0 Å². The standard InChI is InChI=1S/C17H21Cl2N3O/c1-3-22-12(2)14(9-20-22)10-21-6-7-23-17(11-21)13-4-5-15(18)16(19)8-13/h4-5,8-9,17H,3,6-7,10-11H2,1-2H3. The molecule has 4 nitrogen and oxygen atoms in total. The predicted octanol–water partition coefficient (Wildman–Crippen LogP) is 4.09. The van der Waals surface area contributed by atoms with Crippen LogP contribution in [-0.4, -0.2) is 34.4 Å². The monoisotopic (exact) mass is 353 g/mol. The van der Waals surface area contributed by atoms with Gasteiger partial charge in [-0.1, -0.05) is 29.3 Å². The second kappa shape index (κ2) is 7.22. The summed E-state index contributed by atoms with van der Waals surface area (Å²) < 4.78 is 7.95. The van der Waals surface area contributed by atoms with Gasteiger partial charge in [-0.25, -0.2) is 0 Å². The van der Waals surface area contributed by atoms with Crippen molar-refractivity contribution < 1.29 is 4.74 Å². The third-order valence-corrected chi connectivity index (χ3v) is 5.10. The second-order valence-corrected chi connectivity index (χ2v) is 6.65. The van der Waals surface area contributed by atoms with Gasteiger partial charge in [-0.3, -0.25) is 9.58 Å². The van der Waals surface area contributed by atoms with Crippen LogP contribution in [0.2, 0.25) is 10.0 Å². The van der Waals surface area contributed by atoms with Crippen LogP contribution in [0.5, 0.6) is 0 Å².